The number of nitriles is 1. The van der Waals surface area contributed by atoms with E-state index in [1.807, 2.05) is 42.2 Å². The van der Waals surface area contributed by atoms with Crippen molar-refractivity contribution in [3.63, 3.8) is 0 Å². The zero-order valence-electron chi connectivity index (χ0n) is 21.9. The summed E-state index contributed by atoms with van der Waals surface area (Å²) in [6, 6.07) is 9.98. The number of thioether (sulfide) groups is 1. The lowest BCUT2D eigenvalue weighted by molar-refractivity contribution is -0.148. The highest BCUT2D eigenvalue weighted by molar-refractivity contribution is 8.26. The first-order valence-corrected chi connectivity index (χ1v) is 13.7. The molecule has 8 nitrogen and oxygen atoms in total. The lowest BCUT2D eigenvalue weighted by atomic mass is 9.95. The third kappa shape index (κ3) is 5.40. The Kier molecular flexibility index (Phi) is 8.38. The minimum atomic E-state index is -0.392. The highest BCUT2D eigenvalue weighted by atomic mass is 32.2. The number of rotatable bonds is 6. The maximum absolute atomic E-state index is 13.4. The van der Waals surface area contributed by atoms with E-state index in [2.05, 4.69) is 0 Å². The largest absolute Gasteiger partial charge is 0.466 e. The number of aryl methyl sites for hydroxylation is 1. The van der Waals surface area contributed by atoms with Gasteiger partial charge >= 0.3 is 5.97 Å². The van der Waals surface area contributed by atoms with Crippen LogP contribution in [0.3, 0.4) is 0 Å². The van der Waals surface area contributed by atoms with Gasteiger partial charge in [-0.2, -0.15) is 5.26 Å². The van der Waals surface area contributed by atoms with Crippen LogP contribution in [0.15, 0.2) is 34.0 Å². The van der Waals surface area contributed by atoms with Crippen molar-refractivity contribution in [3.8, 4) is 6.07 Å². The van der Waals surface area contributed by atoms with Gasteiger partial charge in [0.05, 0.1) is 24.0 Å². The number of piperidine rings is 1. The van der Waals surface area contributed by atoms with E-state index in [0.29, 0.717) is 65.3 Å². The third-order valence-electron chi connectivity index (χ3n) is 6.99. The number of anilines is 1. The smallest absolute Gasteiger partial charge is 0.309 e. The number of pyridine rings is 1. The zero-order chi connectivity index (χ0) is 27.6. The Bertz CT molecular complexity index is 1410. The summed E-state index contributed by atoms with van der Waals surface area (Å²) in [7, 11) is 1.63. The molecule has 0 spiro atoms. The van der Waals surface area contributed by atoms with Gasteiger partial charge in [0.15, 0.2) is 0 Å². The molecule has 10 heteroatoms. The topological polar surface area (TPSA) is 95.6 Å². The molecule has 0 radical (unpaired) electrons. The van der Waals surface area contributed by atoms with Gasteiger partial charge in [-0.3, -0.25) is 23.9 Å². The maximum atomic E-state index is 13.4. The number of benzene rings is 1. The van der Waals surface area contributed by atoms with Crippen molar-refractivity contribution in [1.82, 2.24) is 9.47 Å². The number of carbonyl (C=O) groups excluding carboxylic acids is 2. The second-order valence-electron chi connectivity index (χ2n) is 9.48. The summed E-state index contributed by atoms with van der Waals surface area (Å²) in [5, 5.41) is 9.73. The molecule has 0 bridgehead atoms. The summed E-state index contributed by atoms with van der Waals surface area (Å²) in [4.78, 5) is 42.8. The lowest BCUT2D eigenvalue weighted by Crippen LogP contribution is -2.40. The Hall–Kier alpha value is -3.42. The molecule has 2 saturated heterocycles. The van der Waals surface area contributed by atoms with E-state index in [9.17, 15) is 19.6 Å². The molecular weight excluding hydrogens is 520 g/mol. The first-order valence-electron chi connectivity index (χ1n) is 12.5. The zero-order valence-corrected chi connectivity index (χ0v) is 23.6. The van der Waals surface area contributed by atoms with Gasteiger partial charge in [0.25, 0.3) is 11.5 Å². The number of aromatic nitrogens is 1. The quantitative estimate of drug-likeness (QED) is 0.302. The predicted octanol–water partition coefficient (Wildman–Crippen LogP) is 4.05. The predicted molar refractivity (Wildman–Crippen MR) is 153 cm³/mol. The summed E-state index contributed by atoms with van der Waals surface area (Å²) < 4.78 is 7.12. The van der Waals surface area contributed by atoms with E-state index in [4.69, 9.17) is 17.0 Å². The summed E-state index contributed by atoms with van der Waals surface area (Å²) in [6.07, 6.45) is 2.92. The fraction of sp³-hybridized carbons (Fsp3) is 0.393. The molecule has 1 amide bonds. The van der Waals surface area contributed by atoms with Crippen molar-refractivity contribution in [2.75, 3.05) is 24.6 Å². The molecular formula is C28H30N4O4S2. The third-order valence-corrected chi connectivity index (χ3v) is 8.37. The molecule has 4 rings (SSSR count). The number of hydrogen-bond donors (Lipinski definition) is 0. The molecule has 0 N–H and O–H groups in total. The first-order chi connectivity index (χ1) is 18.2. The Morgan fingerprint density at radius 2 is 1.87 bits per heavy atom. The lowest BCUT2D eigenvalue weighted by Gasteiger charge is -2.35. The Morgan fingerprint density at radius 1 is 1.21 bits per heavy atom. The summed E-state index contributed by atoms with van der Waals surface area (Å²) >= 11 is 6.76. The van der Waals surface area contributed by atoms with E-state index in [-0.39, 0.29) is 23.4 Å². The molecule has 2 fully saturated rings. The van der Waals surface area contributed by atoms with Crippen molar-refractivity contribution in [3.05, 3.63) is 67.3 Å². The van der Waals surface area contributed by atoms with Gasteiger partial charge in [0.1, 0.15) is 21.8 Å². The van der Waals surface area contributed by atoms with Crippen LogP contribution in [0.5, 0.6) is 0 Å². The van der Waals surface area contributed by atoms with Crippen LogP contribution in [0.1, 0.15) is 47.6 Å². The molecule has 0 atom stereocenters. The highest BCUT2D eigenvalue weighted by Crippen LogP contribution is 2.37. The molecule has 38 heavy (non-hydrogen) atoms. The number of thiocarbonyl (C=S) groups is 1. The Balaban J connectivity index is 1.69. The Labute approximate surface area is 231 Å². The van der Waals surface area contributed by atoms with E-state index < -0.39 is 5.56 Å². The molecule has 0 saturated carbocycles. The van der Waals surface area contributed by atoms with Crippen molar-refractivity contribution in [2.45, 2.75) is 40.2 Å². The molecule has 1 aromatic heterocycles. The number of carbonyl (C=O) groups is 2. The van der Waals surface area contributed by atoms with E-state index in [1.54, 1.807) is 31.9 Å². The van der Waals surface area contributed by atoms with E-state index >= 15 is 0 Å². The van der Waals surface area contributed by atoms with Crippen LogP contribution in [0.25, 0.3) is 6.08 Å². The monoisotopic (exact) mass is 550 g/mol. The highest BCUT2D eigenvalue weighted by Gasteiger charge is 2.34. The average Bonchev–Trinajstić information content (AvgIpc) is 3.16. The van der Waals surface area contributed by atoms with Crippen LogP contribution in [0, 0.1) is 31.1 Å². The SMILES string of the molecule is CCOC(=O)C1CCN(c2c(/C=C3\SC(=S)N(Cc4ccc(C)cc4)C3=O)c(C)c(C#N)c(=O)n2C)CC1. The summed E-state index contributed by atoms with van der Waals surface area (Å²) in [6.45, 7) is 7.31. The second-order valence-corrected chi connectivity index (χ2v) is 11.2. The van der Waals surface area contributed by atoms with Gasteiger partial charge in [0, 0.05) is 25.7 Å². The summed E-state index contributed by atoms with van der Waals surface area (Å²) in [5.41, 5.74) is 2.91. The fourth-order valence-corrected chi connectivity index (χ4v) is 6.06. The number of amides is 1. The van der Waals surface area contributed by atoms with Crippen molar-refractivity contribution >= 4 is 52.1 Å². The van der Waals surface area contributed by atoms with Crippen LogP contribution in [-0.4, -0.2) is 45.4 Å². The van der Waals surface area contributed by atoms with Crippen molar-refractivity contribution < 1.29 is 14.3 Å². The number of nitrogens with zero attached hydrogens (tertiary/aromatic N) is 4. The molecule has 2 aromatic rings. The van der Waals surface area contributed by atoms with E-state index in [1.165, 1.54) is 16.3 Å². The fourth-order valence-electron chi connectivity index (χ4n) is 4.82. The van der Waals surface area contributed by atoms with Gasteiger partial charge in [-0.1, -0.05) is 53.8 Å². The van der Waals surface area contributed by atoms with E-state index in [0.717, 1.165) is 11.1 Å². The number of ether oxygens (including phenoxy) is 1. The molecule has 3 heterocycles. The standard InChI is InChI=1S/C28H30N4O4S2/c1-5-36-27(35)20-10-12-31(13-11-20)24-21(18(3)22(15-29)25(33)30(24)4)14-23-26(34)32(28(37)38-23)16-19-8-6-17(2)7-9-19/h6-9,14,20H,5,10-13,16H2,1-4H3/b23-14-. The molecule has 198 valence electrons. The number of hydrogen-bond acceptors (Lipinski definition) is 8. The molecule has 1 aromatic carbocycles. The minimum Gasteiger partial charge on any atom is -0.466 e. The summed E-state index contributed by atoms with van der Waals surface area (Å²) in [5.74, 6) is 0.0237. The number of esters is 1. The van der Waals surface area contributed by atoms with Gasteiger partial charge in [-0.05, 0) is 50.8 Å². The maximum Gasteiger partial charge on any atom is 0.309 e. The molecule has 2 aliphatic heterocycles. The molecule has 0 unspecified atom stereocenters. The van der Waals surface area contributed by atoms with Gasteiger partial charge in [-0.15, -0.1) is 0 Å². The van der Waals surface area contributed by atoms with Crippen molar-refractivity contribution in [2.24, 2.45) is 13.0 Å². The van der Waals surface area contributed by atoms with Crippen LogP contribution in [-0.2, 0) is 27.9 Å². The minimum absolute atomic E-state index is 0.0408. The van der Waals surface area contributed by atoms with Gasteiger partial charge < -0.3 is 9.64 Å². The Morgan fingerprint density at radius 3 is 2.47 bits per heavy atom. The van der Waals surface area contributed by atoms with Crippen LogP contribution in [0.2, 0.25) is 0 Å². The van der Waals surface area contributed by atoms with Crippen LogP contribution in [0.4, 0.5) is 5.82 Å². The normalized spacial score (nSPS) is 17.3. The molecule has 0 aliphatic carbocycles. The average molecular weight is 551 g/mol. The van der Waals surface area contributed by atoms with Gasteiger partial charge in [-0.25, -0.2) is 0 Å². The van der Waals surface area contributed by atoms with Gasteiger partial charge in [0.2, 0.25) is 0 Å². The first kappa shape index (κ1) is 27.6. The second kappa shape index (κ2) is 11.5. The van der Waals surface area contributed by atoms with Crippen molar-refractivity contribution in [1.29, 1.82) is 5.26 Å². The van der Waals surface area contributed by atoms with Crippen LogP contribution >= 0.6 is 24.0 Å². The van der Waals surface area contributed by atoms with Crippen LogP contribution < -0.4 is 10.5 Å². The molecule has 2 aliphatic rings.